The second-order valence-electron chi connectivity index (χ2n) is 4.33. The van der Waals surface area contributed by atoms with Crippen LogP contribution in [0.25, 0.3) is 0 Å². The van der Waals surface area contributed by atoms with Crippen LogP contribution in [0.4, 0.5) is 0 Å². The summed E-state index contributed by atoms with van der Waals surface area (Å²) in [5.41, 5.74) is 0. The molecule has 1 rings (SSSR count). The van der Waals surface area contributed by atoms with Crippen molar-refractivity contribution in [1.29, 1.82) is 0 Å². The maximum Gasteiger partial charge on any atom is -0.00247 e. The molecule has 0 bridgehead atoms. The van der Waals surface area contributed by atoms with Crippen molar-refractivity contribution < 1.29 is 0 Å². The molecule has 0 aromatic carbocycles. The molecule has 1 saturated carbocycles. The summed E-state index contributed by atoms with van der Waals surface area (Å²) < 4.78 is 0. The van der Waals surface area contributed by atoms with Crippen molar-refractivity contribution in [3.63, 3.8) is 0 Å². The molecule has 0 aromatic heterocycles. The first-order chi connectivity index (χ1) is 5.13. The van der Waals surface area contributed by atoms with Crippen molar-refractivity contribution in [3.05, 3.63) is 0 Å². The van der Waals surface area contributed by atoms with Gasteiger partial charge in [0.2, 0.25) is 0 Å². The molecular weight excluding hydrogens is 134 g/mol. The van der Waals surface area contributed by atoms with Gasteiger partial charge in [0.25, 0.3) is 0 Å². The predicted octanol–water partition coefficient (Wildman–Crippen LogP) is 2.23. The normalized spacial score (nSPS) is 36.3. The van der Waals surface area contributed by atoms with E-state index in [4.69, 9.17) is 0 Å². The molecule has 0 aliphatic heterocycles. The lowest BCUT2D eigenvalue weighted by Gasteiger charge is -2.07. The summed E-state index contributed by atoms with van der Waals surface area (Å²) in [6, 6.07) is 0. The van der Waals surface area contributed by atoms with Crippen LogP contribution >= 0.6 is 0 Å². The Morgan fingerprint density at radius 2 is 1.64 bits per heavy atom. The Kier molecular flexibility index (Phi) is 2.94. The van der Waals surface area contributed by atoms with Crippen LogP contribution in [0.15, 0.2) is 0 Å². The zero-order valence-corrected chi connectivity index (χ0v) is 8.30. The Bertz CT molecular complexity index is 112. The van der Waals surface area contributed by atoms with Crippen molar-refractivity contribution in [1.82, 2.24) is 4.90 Å². The van der Waals surface area contributed by atoms with Gasteiger partial charge >= 0.3 is 0 Å². The molecule has 1 nitrogen and oxygen atoms in total. The van der Waals surface area contributed by atoms with E-state index in [1.807, 2.05) is 0 Å². The second-order valence-corrected chi connectivity index (χ2v) is 4.33. The van der Waals surface area contributed by atoms with Crippen molar-refractivity contribution in [2.24, 2.45) is 17.8 Å². The van der Waals surface area contributed by atoms with Crippen LogP contribution in [-0.4, -0.2) is 25.5 Å². The first-order valence-corrected chi connectivity index (χ1v) is 4.77. The summed E-state index contributed by atoms with van der Waals surface area (Å²) in [6.07, 6.45) is 2.83. The van der Waals surface area contributed by atoms with Gasteiger partial charge in [0.1, 0.15) is 0 Å². The second kappa shape index (κ2) is 3.57. The molecule has 0 amide bonds. The van der Waals surface area contributed by atoms with E-state index >= 15 is 0 Å². The van der Waals surface area contributed by atoms with Gasteiger partial charge < -0.3 is 4.90 Å². The lowest BCUT2D eigenvalue weighted by molar-refractivity contribution is 0.385. The highest BCUT2D eigenvalue weighted by Gasteiger charge is 2.41. The van der Waals surface area contributed by atoms with Crippen molar-refractivity contribution >= 4 is 0 Å². The number of nitrogens with zero attached hydrogens (tertiary/aromatic N) is 1. The Balaban J connectivity index is 1.97. The van der Waals surface area contributed by atoms with Gasteiger partial charge in [-0.1, -0.05) is 13.8 Å². The topological polar surface area (TPSA) is 3.24 Å². The van der Waals surface area contributed by atoms with E-state index in [1.165, 1.54) is 19.4 Å². The summed E-state index contributed by atoms with van der Waals surface area (Å²) in [5, 5.41) is 0. The molecular formula is C10H21N. The van der Waals surface area contributed by atoms with E-state index in [9.17, 15) is 0 Å². The third-order valence-electron chi connectivity index (χ3n) is 3.18. The number of rotatable bonds is 4. The minimum Gasteiger partial charge on any atom is -0.309 e. The first kappa shape index (κ1) is 9.05. The Morgan fingerprint density at radius 1 is 1.09 bits per heavy atom. The highest BCUT2D eigenvalue weighted by atomic mass is 15.0. The zero-order valence-electron chi connectivity index (χ0n) is 8.30. The fourth-order valence-electron chi connectivity index (χ4n) is 1.93. The molecule has 2 atom stereocenters. The van der Waals surface area contributed by atoms with Gasteiger partial charge in [-0.2, -0.15) is 0 Å². The number of hydrogen-bond donors (Lipinski definition) is 0. The lowest BCUT2D eigenvalue weighted by Crippen LogP contribution is -2.12. The van der Waals surface area contributed by atoms with E-state index in [0.29, 0.717) is 0 Å². The van der Waals surface area contributed by atoms with Crippen LogP contribution in [0.5, 0.6) is 0 Å². The smallest absolute Gasteiger partial charge is 0.00247 e. The van der Waals surface area contributed by atoms with Gasteiger partial charge in [-0.3, -0.25) is 0 Å². The summed E-state index contributed by atoms with van der Waals surface area (Å²) >= 11 is 0. The fraction of sp³-hybridized carbons (Fsp3) is 1.00. The standard InChI is InChI=1S/C10H21N/c1-8-9(2)10(8)6-5-7-11(3)4/h8-10H,5-7H2,1-4H3. The molecule has 0 saturated heterocycles. The highest BCUT2D eigenvalue weighted by molar-refractivity contribution is 4.90. The van der Waals surface area contributed by atoms with Crippen LogP contribution in [0.2, 0.25) is 0 Å². The minimum atomic E-state index is 1.01. The maximum atomic E-state index is 2.38. The van der Waals surface area contributed by atoms with E-state index in [2.05, 4.69) is 32.8 Å². The molecule has 1 aliphatic carbocycles. The Labute approximate surface area is 70.8 Å². The van der Waals surface area contributed by atoms with Gasteiger partial charge in [-0.05, 0) is 51.2 Å². The third kappa shape index (κ3) is 2.48. The third-order valence-corrected chi connectivity index (χ3v) is 3.18. The zero-order chi connectivity index (χ0) is 8.43. The molecule has 2 unspecified atom stereocenters. The Morgan fingerprint density at radius 3 is 2.00 bits per heavy atom. The SMILES string of the molecule is CC1C(C)C1CCCN(C)C. The predicted molar refractivity (Wildman–Crippen MR) is 49.6 cm³/mol. The van der Waals surface area contributed by atoms with Crippen LogP contribution in [0, 0.1) is 17.8 Å². The molecule has 0 heterocycles. The molecule has 0 aromatic rings. The van der Waals surface area contributed by atoms with Gasteiger partial charge in [0, 0.05) is 0 Å². The van der Waals surface area contributed by atoms with E-state index in [1.54, 1.807) is 0 Å². The lowest BCUT2D eigenvalue weighted by atomic mass is 10.2. The summed E-state index contributed by atoms with van der Waals surface area (Å²) in [5.74, 6) is 3.07. The van der Waals surface area contributed by atoms with E-state index < -0.39 is 0 Å². The minimum absolute atomic E-state index is 1.01. The van der Waals surface area contributed by atoms with Crippen LogP contribution in [0.1, 0.15) is 26.7 Å². The molecule has 0 spiro atoms. The molecule has 0 N–H and O–H groups in total. The van der Waals surface area contributed by atoms with Crippen molar-refractivity contribution in [2.75, 3.05) is 20.6 Å². The van der Waals surface area contributed by atoms with E-state index in [0.717, 1.165) is 17.8 Å². The van der Waals surface area contributed by atoms with Gasteiger partial charge in [0.15, 0.2) is 0 Å². The van der Waals surface area contributed by atoms with Gasteiger partial charge in [0.05, 0.1) is 0 Å². The largest absolute Gasteiger partial charge is 0.309 e. The summed E-state index contributed by atoms with van der Waals surface area (Å²) in [6.45, 7) is 6.02. The molecule has 11 heavy (non-hydrogen) atoms. The fourth-order valence-corrected chi connectivity index (χ4v) is 1.93. The monoisotopic (exact) mass is 155 g/mol. The number of hydrogen-bond acceptors (Lipinski definition) is 1. The average Bonchev–Trinajstić information content (AvgIpc) is 2.44. The van der Waals surface area contributed by atoms with Gasteiger partial charge in [-0.25, -0.2) is 0 Å². The first-order valence-electron chi connectivity index (χ1n) is 4.77. The highest BCUT2D eigenvalue weighted by Crippen LogP contribution is 2.48. The van der Waals surface area contributed by atoms with Crippen LogP contribution < -0.4 is 0 Å². The molecule has 1 fully saturated rings. The quantitative estimate of drug-likeness (QED) is 0.602. The van der Waals surface area contributed by atoms with E-state index in [-0.39, 0.29) is 0 Å². The maximum absolute atomic E-state index is 2.38. The van der Waals surface area contributed by atoms with Crippen molar-refractivity contribution in [2.45, 2.75) is 26.7 Å². The Hall–Kier alpha value is -0.0400. The molecule has 66 valence electrons. The summed E-state index contributed by atoms with van der Waals surface area (Å²) in [7, 11) is 4.31. The van der Waals surface area contributed by atoms with Crippen LogP contribution in [0.3, 0.4) is 0 Å². The van der Waals surface area contributed by atoms with Crippen molar-refractivity contribution in [3.8, 4) is 0 Å². The van der Waals surface area contributed by atoms with Crippen LogP contribution in [-0.2, 0) is 0 Å². The summed E-state index contributed by atoms with van der Waals surface area (Å²) in [4.78, 5) is 2.28. The molecule has 1 heteroatoms. The molecule has 1 aliphatic rings. The van der Waals surface area contributed by atoms with Gasteiger partial charge in [-0.15, -0.1) is 0 Å². The average molecular weight is 155 g/mol. The molecule has 0 radical (unpaired) electrons.